The zero-order chi connectivity index (χ0) is 16.7. The minimum absolute atomic E-state index is 0.249. The number of hydrogen-bond donors (Lipinski definition) is 0. The molecule has 3 aromatic rings. The monoisotopic (exact) mass is 328 g/mol. The second-order valence-corrected chi connectivity index (χ2v) is 6.89. The van der Waals surface area contributed by atoms with Crippen LogP contribution in [0.25, 0.3) is 0 Å². The van der Waals surface area contributed by atoms with E-state index in [1.807, 2.05) is 11.8 Å². The van der Waals surface area contributed by atoms with Crippen molar-refractivity contribution in [2.75, 3.05) is 5.75 Å². The fourth-order valence-corrected chi connectivity index (χ4v) is 4.47. The van der Waals surface area contributed by atoms with Crippen LogP contribution in [0.15, 0.2) is 91.0 Å². The third-order valence-corrected chi connectivity index (χ3v) is 5.65. The Balaban J connectivity index is 2.22. The van der Waals surface area contributed by atoms with E-state index in [9.17, 15) is 0 Å². The van der Waals surface area contributed by atoms with Crippen molar-refractivity contribution in [1.82, 2.24) is 0 Å². The zero-order valence-corrected chi connectivity index (χ0v) is 14.4. The molecule has 0 aromatic heterocycles. The molecule has 0 nitrogen and oxygen atoms in total. The highest BCUT2D eigenvalue weighted by molar-refractivity contribution is 8.00. The Hall–Kier alpha value is -2.43. The fourth-order valence-electron chi connectivity index (χ4n) is 3.03. The lowest BCUT2D eigenvalue weighted by atomic mass is 9.84. The first-order valence-corrected chi connectivity index (χ1v) is 9.10. The molecule has 0 fully saturated rings. The van der Waals surface area contributed by atoms with E-state index in [4.69, 9.17) is 6.42 Å². The molecule has 118 valence electrons. The maximum Gasteiger partial charge on any atom is 0.0907 e. The summed E-state index contributed by atoms with van der Waals surface area (Å²) in [5.41, 5.74) is 3.85. The summed E-state index contributed by atoms with van der Waals surface area (Å²) in [6, 6.07) is 32.1. The quantitative estimate of drug-likeness (QED) is 0.316. The number of hydrogen-bond acceptors (Lipinski definition) is 1. The molecule has 0 amide bonds. The summed E-state index contributed by atoms with van der Waals surface area (Å²) < 4.78 is -0.249. The summed E-state index contributed by atoms with van der Waals surface area (Å²) in [5, 5.41) is 0. The summed E-state index contributed by atoms with van der Waals surface area (Å²) in [7, 11) is 0. The molecule has 1 heteroatoms. The zero-order valence-electron chi connectivity index (χ0n) is 13.6. The SMILES string of the molecule is C#CCCSC(c1ccccc1)(c1ccccc1)c1ccccc1. The number of terminal acetylenes is 1. The molecule has 0 atom stereocenters. The van der Waals surface area contributed by atoms with Crippen LogP contribution in [0.3, 0.4) is 0 Å². The molecule has 0 aliphatic carbocycles. The Bertz CT molecular complexity index is 689. The number of benzene rings is 3. The van der Waals surface area contributed by atoms with Crippen LogP contribution >= 0.6 is 11.8 Å². The van der Waals surface area contributed by atoms with Crippen molar-refractivity contribution in [3.63, 3.8) is 0 Å². The van der Waals surface area contributed by atoms with E-state index in [0.29, 0.717) is 0 Å². The second-order valence-electron chi connectivity index (χ2n) is 5.58. The smallest absolute Gasteiger partial charge is 0.0907 e. The molecule has 0 unspecified atom stereocenters. The van der Waals surface area contributed by atoms with Gasteiger partial charge in [-0.3, -0.25) is 0 Å². The highest BCUT2D eigenvalue weighted by atomic mass is 32.2. The van der Waals surface area contributed by atoms with E-state index in [1.54, 1.807) is 0 Å². The average molecular weight is 328 g/mol. The summed E-state index contributed by atoms with van der Waals surface area (Å²) in [4.78, 5) is 0. The maximum absolute atomic E-state index is 5.51. The molecule has 0 bridgehead atoms. The number of rotatable bonds is 6. The van der Waals surface area contributed by atoms with Crippen molar-refractivity contribution in [3.05, 3.63) is 108 Å². The normalized spacial score (nSPS) is 11.0. The minimum atomic E-state index is -0.249. The Morgan fingerprint density at radius 3 is 1.38 bits per heavy atom. The fraction of sp³-hybridized carbons (Fsp3) is 0.130. The van der Waals surface area contributed by atoms with E-state index in [0.717, 1.165) is 12.2 Å². The van der Waals surface area contributed by atoms with Crippen LogP contribution in [0.2, 0.25) is 0 Å². The molecular formula is C23H20S. The summed E-state index contributed by atoms with van der Waals surface area (Å²) in [5.74, 6) is 3.69. The molecular weight excluding hydrogens is 308 g/mol. The molecule has 0 spiro atoms. The first-order valence-electron chi connectivity index (χ1n) is 8.12. The summed E-state index contributed by atoms with van der Waals surface area (Å²) in [6.07, 6.45) is 6.27. The average Bonchev–Trinajstić information content (AvgIpc) is 2.68. The Morgan fingerprint density at radius 1 is 0.667 bits per heavy atom. The van der Waals surface area contributed by atoms with Gasteiger partial charge in [0.05, 0.1) is 4.75 Å². The van der Waals surface area contributed by atoms with Gasteiger partial charge in [-0.25, -0.2) is 0 Å². The standard InChI is InChI=1S/C23H20S/c1-2-3-19-24-23(20-13-7-4-8-14-20,21-15-9-5-10-16-21)22-17-11-6-12-18-22/h1,4-18H,3,19H2. The lowest BCUT2D eigenvalue weighted by Crippen LogP contribution is -2.26. The van der Waals surface area contributed by atoms with Gasteiger partial charge in [0.2, 0.25) is 0 Å². The van der Waals surface area contributed by atoms with Crippen molar-refractivity contribution in [2.45, 2.75) is 11.2 Å². The molecule has 0 saturated carbocycles. The van der Waals surface area contributed by atoms with Crippen LogP contribution in [0.4, 0.5) is 0 Å². The van der Waals surface area contributed by atoms with Gasteiger partial charge in [0.1, 0.15) is 0 Å². The van der Waals surface area contributed by atoms with Crippen molar-refractivity contribution in [3.8, 4) is 12.3 Å². The first-order chi connectivity index (χ1) is 11.9. The van der Waals surface area contributed by atoms with Crippen LogP contribution in [-0.4, -0.2) is 5.75 Å². The summed E-state index contributed by atoms with van der Waals surface area (Å²) >= 11 is 1.91. The van der Waals surface area contributed by atoms with Crippen molar-refractivity contribution in [1.29, 1.82) is 0 Å². The summed E-state index contributed by atoms with van der Waals surface area (Å²) in [6.45, 7) is 0. The molecule has 0 radical (unpaired) electrons. The molecule has 0 aliphatic heterocycles. The predicted molar refractivity (Wildman–Crippen MR) is 105 cm³/mol. The van der Waals surface area contributed by atoms with Crippen LogP contribution < -0.4 is 0 Å². The topological polar surface area (TPSA) is 0 Å². The van der Waals surface area contributed by atoms with E-state index in [-0.39, 0.29) is 4.75 Å². The Kier molecular flexibility index (Phi) is 5.41. The van der Waals surface area contributed by atoms with Crippen molar-refractivity contribution >= 4 is 11.8 Å². The third kappa shape index (κ3) is 3.25. The Labute approximate surface area is 148 Å². The van der Waals surface area contributed by atoms with Gasteiger partial charge in [0.15, 0.2) is 0 Å². The van der Waals surface area contributed by atoms with Gasteiger partial charge < -0.3 is 0 Å². The molecule has 0 saturated heterocycles. The maximum atomic E-state index is 5.51. The van der Waals surface area contributed by atoms with Crippen LogP contribution in [-0.2, 0) is 4.75 Å². The van der Waals surface area contributed by atoms with Crippen LogP contribution in [0.5, 0.6) is 0 Å². The van der Waals surface area contributed by atoms with Gasteiger partial charge in [-0.15, -0.1) is 24.1 Å². The van der Waals surface area contributed by atoms with Crippen LogP contribution in [0.1, 0.15) is 23.1 Å². The molecule has 3 rings (SSSR count). The van der Waals surface area contributed by atoms with E-state index < -0.39 is 0 Å². The van der Waals surface area contributed by atoms with E-state index >= 15 is 0 Å². The highest BCUT2D eigenvalue weighted by Crippen LogP contribution is 2.48. The van der Waals surface area contributed by atoms with Crippen molar-refractivity contribution < 1.29 is 0 Å². The van der Waals surface area contributed by atoms with Gasteiger partial charge >= 0.3 is 0 Å². The van der Waals surface area contributed by atoms with Crippen molar-refractivity contribution in [2.24, 2.45) is 0 Å². The lowest BCUT2D eigenvalue weighted by molar-refractivity contribution is 0.893. The van der Waals surface area contributed by atoms with Gasteiger partial charge in [0.25, 0.3) is 0 Å². The predicted octanol–water partition coefficient (Wildman–Crippen LogP) is 5.74. The molecule has 0 N–H and O–H groups in total. The van der Waals surface area contributed by atoms with Gasteiger partial charge in [0, 0.05) is 12.2 Å². The second kappa shape index (κ2) is 7.90. The lowest BCUT2D eigenvalue weighted by Gasteiger charge is -2.35. The molecule has 0 heterocycles. The van der Waals surface area contributed by atoms with Crippen LogP contribution in [0, 0.1) is 12.3 Å². The van der Waals surface area contributed by atoms with E-state index in [2.05, 4.69) is 96.9 Å². The van der Waals surface area contributed by atoms with Gasteiger partial charge in [-0.1, -0.05) is 91.0 Å². The first kappa shape index (κ1) is 16.4. The van der Waals surface area contributed by atoms with Gasteiger partial charge in [-0.05, 0) is 16.7 Å². The molecule has 3 aromatic carbocycles. The third-order valence-electron chi connectivity index (χ3n) is 4.11. The Morgan fingerprint density at radius 2 is 1.04 bits per heavy atom. The highest BCUT2D eigenvalue weighted by Gasteiger charge is 2.36. The molecule has 0 aliphatic rings. The molecule has 24 heavy (non-hydrogen) atoms. The van der Waals surface area contributed by atoms with E-state index in [1.165, 1.54) is 16.7 Å². The van der Waals surface area contributed by atoms with Gasteiger partial charge in [-0.2, -0.15) is 0 Å². The largest absolute Gasteiger partial charge is 0.140 e. The number of thioether (sulfide) groups is 1. The minimum Gasteiger partial charge on any atom is -0.140 e.